The summed E-state index contributed by atoms with van der Waals surface area (Å²) >= 11 is 4.92. The van der Waals surface area contributed by atoms with Gasteiger partial charge in [-0.3, -0.25) is 14.5 Å². The number of carbonyl (C=O) groups is 2. The topological polar surface area (TPSA) is 53.9 Å². The van der Waals surface area contributed by atoms with Crippen molar-refractivity contribution in [1.29, 1.82) is 0 Å². The Morgan fingerprint density at radius 3 is 2.62 bits per heavy atom. The number of anilines is 1. The maximum atomic E-state index is 13.3. The number of carbonyl (C=O) groups excluding carboxylic acids is 2. The normalized spacial score (nSPS) is 15.2. The highest BCUT2D eigenvalue weighted by Gasteiger charge is 2.30. The summed E-state index contributed by atoms with van der Waals surface area (Å²) in [6.07, 6.45) is 1.88. The van der Waals surface area contributed by atoms with Gasteiger partial charge in [-0.1, -0.05) is 82.3 Å². The van der Waals surface area contributed by atoms with Gasteiger partial charge < -0.3 is 10.2 Å². The van der Waals surface area contributed by atoms with Crippen LogP contribution in [0.15, 0.2) is 93.1 Å². The van der Waals surface area contributed by atoms with E-state index in [1.54, 1.807) is 4.90 Å². The molecule has 1 aliphatic heterocycles. The quantitative estimate of drug-likeness (QED) is 0.431. The standard InChI is InChI=1S/C27H26BrN3O2S/c1-30(18-20-8-3-2-4-9-20)15-14-29-26(32)19-31-23-12-5-6-13-24(23)34-25(27(31)33)17-21-10-7-11-22(28)16-21/h2-13,16-17H,14-15,18-19H2,1H3,(H,29,32)/p+1. The van der Waals surface area contributed by atoms with Crippen molar-refractivity contribution >= 4 is 51.3 Å². The molecule has 0 aliphatic carbocycles. The number of halogens is 1. The maximum Gasteiger partial charge on any atom is 0.265 e. The summed E-state index contributed by atoms with van der Waals surface area (Å²) in [5.74, 6) is -0.324. The highest BCUT2D eigenvalue weighted by atomic mass is 79.9. The predicted octanol–water partition coefficient (Wildman–Crippen LogP) is 3.76. The van der Waals surface area contributed by atoms with Crippen molar-refractivity contribution in [2.24, 2.45) is 0 Å². The van der Waals surface area contributed by atoms with Crippen molar-refractivity contribution in [1.82, 2.24) is 5.32 Å². The maximum absolute atomic E-state index is 13.3. The van der Waals surface area contributed by atoms with E-state index in [9.17, 15) is 9.59 Å². The first-order valence-electron chi connectivity index (χ1n) is 11.2. The molecule has 174 valence electrons. The molecular formula is C27H27BrN3O2S+. The fraction of sp³-hybridized carbons (Fsp3) is 0.185. The van der Waals surface area contributed by atoms with Gasteiger partial charge >= 0.3 is 0 Å². The SMILES string of the molecule is C[NH+](CCNC(=O)CN1C(=O)C(=Cc2cccc(Br)c2)Sc2ccccc21)Cc1ccccc1. The molecule has 1 atom stereocenters. The largest absolute Gasteiger partial charge is 0.349 e. The molecule has 5 nitrogen and oxygen atoms in total. The number of nitrogens with zero attached hydrogens (tertiary/aromatic N) is 1. The first-order valence-corrected chi connectivity index (χ1v) is 12.8. The van der Waals surface area contributed by atoms with E-state index in [-0.39, 0.29) is 18.4 Å². The number of para-hydroxylation sites is 1. The Hall–Kier alpha value is -2.87. The van der Waals surface area contributed by atoms with Gasteiger partial charge in [0.25, 0.3) is 5.91 Å². The number of rotatable bonds is 8. The predicted molar refractivity (Wildman–Crippen MR) is 142 cm³/mol. The molecule has 0 saturated carbocycles. The van der Waals surface area contributed by atoms with Gasteiger partial charge in [-0.15, -0.1) is 0 Å². The second-order valence-corrected chi connectivity index (χ2v) is 10.2. The third kappa shape index (κ3) is 6.38. The third-order valence-corrected chi connectivity index (χ3v) is 7.07. The molecule has 1 heterocycles. The van der Waals surface area contributed by atoms with Crippen molar-refractivity contribution in [3.8, 4) is 0 Å². The zero-order chi connectivity index (χ0) is 23.9. The Kier molecular flexibility index (Phi) is 8.21. The first-order chi connectivity index (χ1) is 16.5. The molecule has 4 rings (SSSR count). The summed E-state index contributed by atoms with van der Waals surface area (Å²) in [6, 6.07) is 25.8. The Labute approximate surface area is 213 Å². The average molecular weight is 538 g/mol. The van der Waals surface area contributed by atoms with Crippen LogP contribution in [0.25, 0.3) is 6.08 Å². The Balaban J connectivity index is 1.40. The Bertz CT molecular complexity index is 1200. The second-order valence-electron chi connectivity index (χ2n) is 8.24. The number of hydrogen-bond donors (Lipinski definition) is 2. The second kappa shape index (κ2) is 11.5. The van der Waals surface area contributed by atoms with Gasteiger partial charge in [0.05, 0.1) is 30.7 Å². The lowest BCUT2D eigenvalue weighted by Crippen LogP contribution is -3.08. The lowest BCUT2D eigenvalue weighted by molar-refractivity contribution is -0.892. The number of likely N-dealkylation sites (N-methyl/N-ethyl adjacent to an activating group) is 1. The van der Waals surface area contributed by atoms with Crippen LogP contribution in [0.5, 0.6) is 0 Å². The zero-order valence-electron chi connectivity index (χ0n) is 19.0. The van der Waals surface area contributed by atoms with Crippen molar-refractivity contribution in [2.75, 3.05) is 31.6 Å². The molecule has 3 aromatic carbocycles. The Morgan fingerprint density at radius 2 is 1.82 bits per heavy atom. The van der Waals surface area contributed by atoms with E-state index >= 15 is 0 Å². The van der Waals surface area contributed by atoms with E-state index in [0.29, 0.717) is 11.4 Å². The Morgan fingerprint density at radius 1 is 1.06 bits per heavy atom. The first kappa shape index (κ1) is 24.3. The van der Waals surface area contributed by atoms with Crippen LogP contribution in [-0.4, -0.2) is 38.5 Å². The van der Waals surface area contributed by atoms with Crippen LogP contribution in [0.4, 0.5) is 5.69 Å². The minimum absolute atomic E-state index is 0.00996. The van der Waals surface area contributed by atoms with Crippen molar-refractivity contribution < 1.29 is 14.5 Å². The summed E-state index contributed by atoms with van der Waals surface area (Å²) in [5, 5.41) is 2.98. The van der Waals surface area contributed by atoms with Crippen LogP contribution in [-0.2, 0) is 16.1 Å². The summed E-state index contributed by atoms with van der Waals surface area (Å²) < 4.78 is 0.950. The molecule has 34 heavy (non-hydrogen) atoms. The van der Waals surface area contributed by atoms with E-state index in [2.05, 4.69) is 40.4 Å². The summed E-state index contributed by atoms with van der Waals surface area (Å²) in [4.78, 5) is 30.5. The highest BCUT2D eigenvalue weighted by Crippen LogP contribution is 2.41. The van der Waals surface area contributed by atoms with Crippen LogP contribution in [0.3, 0.4) is 0 Å². The molecule has 1 unspecified atom stereocenters. The number of amides is 2. The monoisotopic (exact) mass is 536 g/mol. The summed E-state index contributed by atoms with van der Waals surface area (Å²) in [7, 11) is 2.11. The summed E-state index contributed by atoms with van der Waals surface area (Å²) in [5.41, 5.74) is 2.97. The molecule has 2 amide bonds. The van der Waals surface area contributed by atoms with E-state index in [0.717, 1.165) is 33.7 Å². The highest BCUT2D eigenvalue weighted by molar-refractivity contribution is 9.10. The number of hydrogen-bond acceptors (Lipinski definition) is 3. The lowest BCUT2D eigenvalue weighted by Gasteiger charge is -2.29. The van der Waals surface area contributed by atoms with E-state index in [4.69, 9.17) is 0 Å². The number of thioether (sulfide) groups is 1. The van der Waals surface area contributed by atoms with Gasteiger partial charge in [-0.05, 0) is 35.9 Å². The van der Waals surface area contributed by atoms with Gasteiger partial charge in [-0.2, -0.15) is 0 Å². The number of quaternary nitrogens is 1. The molecule has 7 heteroatoms. The van der Waals surface area contributed by atoms with E-state index < -0.39 is 0 Å². The van der Waals surface area contributed by atoms with Gasteiger partial charge in [0.15, 0.2) is 0 Å². The molecular weight excluding hydrogens is 510 g/mol. The molecule has 0 saturated heterocycles. The number of nitrogens with one attached hydrogen (secondary N) is 2. The van der Waals surface area contributed by atoms with E-state index in [1.807, 2.05) is 72.8 Å². The van der Waals surface area contributed by atoms with Crippen molar-refractivity contribution in [3.05, 3.63) is 99.4 Å². The zero-order valence-corrected chi connectivity index (χ0v) is 21.4. The van der Waals surface area contributed by atoms with Gasteiger partial charge in [0.2, 0.25) is 5.91 Å². The average Bonchev–Trinajstić information content (AvgIpc) is 2.82. The molecule has 0 bridgehead atoms. The van der Waals surface area contributed by atoms with Gasteiger partial charge in [-0.25, -0.2) is 0 Å². The van der Waals surface area contributed by atoms with Crippen LogP contribution >= 0.6 is 27.7 Å². The fourth-order valence-corrected chi connectivity index (χ4v) is 5.29. The fourth-order valence-electron chi connectivity index (χ4n) is 3.81. The van der Waals surface area contributed by atoms with Crippen LogP contribution < -0.4 is 15.1 Å². The smallest absolute Gasteiger partial charge is 0.265 e. The third-order valence-electron chi connectivity index (χ3n) is 5.50. The van der Waals surface area contributed by atoms with Gasteiger partial charge in [0, 0.05) is 14.9 Å². The summed E-state index contributed by atoms with van der Waals surface area (Å²) in [6.45, 7) is 2.24. The molecule has 3 aromatic rings. The number of benzene rings is 3. The molecule has 2 N–H and O–H groups in total. The van der Waals surface area contributed by atoms with E-state index in [1.165, 1.54) is 22.2 Å². The number of fused-ring (bicyclic) bond motifs is 1. The minimum Gasteiger partial charge on any atom is -0.349 e. The lowest BCUT2D eigenvalue weighted by atomic mass is 10.2. The molecule has 0 spiro atoms. The van der Waals surface area contributed by atoms with Crippen molar-refractivity contribution in [2.45, 2.75) is 11.4 Å². The molecule has 0 radical (unpaired) electrons. The minimum atomic E-state index is -0.163. The van der Waals surface area contributed by atoms with Crippen LogP contribution in [0, 0.1) is 0 Å². The van der Waals surface area contributed by atoms with Crippen LogP contribution in [0.2, 0.25) is 0 Å². The molecule has 1 aliphatic rings. The molecule has 0 fully saturated rings. The van der Waals surface area contributed by atoms with Crippen LogP contribution in [0.1, 0.15) is 11.1 Å². The van der Waals surface area contributed by atoms with Gasteiger partial charge in [0.1, 0.15) is 13.1 Å². The van der Waals surface area contributed by atoms with Crippen molar-refractivity contribution in [3.63, 3.8) is 0 Å². The molecule has 0 aromatic heterocycles.